The first-order valence-corrected chi connectivity index (χ1v) is 11.9. The summed E-state index contributed by atoms with van der Waals surface area (Å²) in [6, 6.07) is 17.3. The maximum Gasteiger partial charge on any atom is 0.368 e. The van der Waals surface area contributed by atoms with Crippen LogP contribution in [0.1, 0.15) is 31.8 Å². The molecule has 0 aliphatic heterocycles. The molecule has 4 aromatic rings. The molecule has 9 nitrogen and oxygen atoms in total. The average molecular weight is 603 g/mol. The third-order valence-electron chi connectivity index (χ3n) is 5.47. The lowest BCUT2D eigenvalue weighted by molar-refractivity contribution is 0.0963. The van der Waals surface area contributed by atoms with Crippen molar-refractivity contribution in [2.45, 2.75) is 13.5 Å². The van der Waals surface area contributed by atoms with Crippen molar-refractivity contribution in [3.8, 4) is 5.69 Å². The number of nitrogens with zero attached hydrogens (tertiary/aromatic N) is 5. The second-order valence-electron chi connectivity index (χ2n) is 7.79. The van der Waals surface area contributed by atoms with Crippen LogP contribution in [0.25, 0.3) is 5.69 Å². The van der Waals surface area contributed by atoms with Crippen LogP contribution < -0.4 is 16.3 Å². The number of tetrazole rings is 1. The Morgan fingerprint density at radius 2 is 1.83 bits per heavy atom. The Bertz CT molecular complexity index is 1510. The van der Waals surface area contributed by atoms with Gasteiger partial charge in [-0.25, -0.2) is 4.79 Å². The molecule has 178 valence electrons. The Morgan fingerprint density at radius 1 is 1.09 bits per heavy atom. The number of primary amides is 1. The molecule has 2 N–H and O–H groups in total. The van der Waals surface area contributed by atoms with E-state index in [1.165, 1.54) is 15.6 Å². The molecule has 0 atom stereocenters. The Kier molecular flexibility index (Phi) is 7.03. The Morgan fingerprint density at radius 3 is 2.51 bits per heavy atom. The van der Waals surface area contributed by atoms with Crippen LogP contribution in [0, 0.1) is 10.5 Å². The highest BCUT2D eigenvalue weighted by Gasteiger charge is 2.23. The molecular weight excluding hydrogens is 583 g/mol. The third kappa shape index (κ3) is 4.84. The number of aryl methyl sites for hydroxylation is 1. The quantitative estimate of drug-likeness (QED) is 0.340. The normalized spacial score (nSPS) is 10.9. The van der Waals surface area contributed by atoms with Crippen molar-refractivity contribution >= 4 is 51.7 Å². The van der Waals surface area contributed by atoms with Crippen molar-refractivity contribution in [2.75, 3.05) is 11.9 Å². The van der Waals surface area contributed by atoms with E-state index in [-0.39, 0.29) is 23.6 Å². The average Bonchev–Trinajstić information content (AvgIpc) is 3.18. The van der Waals surface area contributed by atoms with E-state index in [0.717, 1.165) is 15.8 Å². The first-order valence-electron chi connectivity index (χ1n) is 10.4. The van der Waals surface area contributed by atoms with Crippen molar-refractivity contribution in [3.63, 3.8) is 0 Å². The van der Waals surface area contributed by atoms with Gasteiger partial charge in [0.25, 0.3) is 5.91 Å². The van der Waals surface area contributed by atoms with Gasteiger partial charge in [0.05, 0.1) is 28.4 Å². The summed E-state index contributed by atoms with van der Waals surface area (Å²) < 4.78 is 3.01. The van der Waals surface area contributed by atoms with Crippen LogP contribution in [0.5, 0.6) is 0 Å². The van der Waals surface area contributed by atoms with E-state index < -0.39 is 11.6 Å². The lowest BCUT2D eigenvalue weighted by atomic mass is 10.0. The van der Waals surface area contributed by atoms with Gasteiger partial charge in [-0.2, -0.15) is 9.36 Å². The minimum Gasteiger partial charge on any atom is -0.366 e. The molecular formula is C24H20ClIN6O3. The standard InChI is InChI=1S/C24H20ClIN6O3/c1-14-12-15(13-31-24(35)32(29-28-31)20-9-4-3-7-17(20)25)10-11-19(14)30(2)23(34)21-16(22(27)33)6-5-8-18(21)26/h3-12H,13H2,1-2H3,(H2,27,33). The Balaban J connectivity index is 1.60. The molecule has 0 aliphatic rings. The Labute approximate surface area is 219 Å². The van der Waals surface area contributed by atoms with Gasteiger partial charge in [-0.3, -0.25) is 9.59 Å². The van der Waals surface area contributed by atoms with E-state index in [9.17, 15) is 14.4 Å². The van der Waals surface area contributed by atoms with Gasteiger partial charge in [0.1, 0.15) is 0 Å². The number of benzene rings is 3. The molecule has 0 bridgehead atoms. The maximum absolute atomic E-state index is 13.3. The van der Waals surface area contributed by atoms with Gasteiger partial charge in [0.2, 0.25) is 5.91 Å². The molecule has 0 fully saturated rings. The van der Waals surface area contributed by atoms with Crippen LogP contribution in [0.3, 0.4) is 0 Å². The van der Waals surface area contributed by atoms with Crippen molar-refractivity contribution in [3.05, 3.63) is 102 Å². The molecule has 3 aromatic carbocycles. The van der Waals surface area contributed by atoms with Crippen molar-refractivity contribution in [1.29, 1.82) is 0 Å². The number of anilines is 1. The molecule has 1 aromatic heterocycles. The number of amides is 2. The summed E-state index contributed by atoms with van der Waals surface area (Å²) in [5.74, 6) is -1.01. The SMILES string of the molecule is Cc1cc(Cn2nnn(-c3ccccc3Cl)c2=O)ccc1N(C)C(=O)c1c(I)cccc1C(N)=O. The Hall–Kier alpha value is -3.51. The number of hydrogen-bond donors (Lipinski definition) is 1. The van der Waals surface area contributed by atoms with E-state index in [2.05, 4.69) is 10.4 Å². The molecule has 0 saturated heterocycles. The van der Waals surface area contributed by atoms with Crippen molar-refractivity contribution < 1.29 is 9.59 Å². The number of carbonyl (C=O) groups is 2. The molecule has 0 aliphatic carbocycles. The van der Waals surface area contributed by atoms with Crippen LogP contribution in [0.2, 0.25) is 5.02 Å². The smallest absolute Gasteiger partial charge is 0.366 e. The largest absolute Gasteiger partial charge is 0.368 e. The molecule has 35 heavy (non-hydrogen) atoms. The van der Waals surface area contributed by atoms with Gasteiger partial charge < -0.3 is 10.6 Å². The van der Waals surface area contributed by atoms with Gasteiger partial charge in [-0.05, 0) is 81.4 Å². The summed E-state index contributed by atoms with van der Waals surface area (Å²) >= 11 is 8.19. The van der Waals surface area contributed by atoms with Crippen LogP contribution in [-0.4, -0.2) is 38.7 Å². The molecule has 0 unspecified atom stereocenters. The number of rotatable bonds is 6. The van der Waals surface area contributed by atoms with Crippen LogP contribution in [0.4, 0.5) is 5.69 Å². The van der Waals surface area contributed by atoms with Crippen LogP contribution >= 0.6 is 34.2 Å². The van der Waals surface area contributed by atoms with E-state index in [1.807, 2.05) is 35.6 Å². The summed E-state index contributed by atoms with van der Waals surface area (Å²) in [6.07, 6.45) is 0. The second-order valence-corrected chi connectivity index (χ2v) is 9.36. The summed E-state index contributed by atoms with van der Waals surface area (Å²) in [4.78, 5) is 39.4. The highest BCUT2D eigenvalue weighted by atomic mass is 127. The summed E-state index contributed by atoms with van der Waals surface area (Å²) in [5.41, 5.74) is 8.19. The van der Waals surface area contributed by atoms with E-state index in [0.29, 0.717) is 20.0 Å². The third-order valence-corrected chi connectivity index (χ3v) is 6.69. The van der Waals surface area contributed by atoms with Gasteiger partial charge >= 0.3 is 5.69 Å². The molecule has 2 amide bonds. The van der Waals surface area contributed by atoms with Crippen LogP contribution in [-0.2, 0) is 6.54 Å². The minimum atomic E-state index is -0.664. The fourth-order valence-electron chi connectivity index (χ4n) is 3.74. The lowest BCUT2D eigenvalue weighted by Crippen LogP contribution is -2.30. The van der Waals surface area contributed by atoms with Gasteiger partial charge in [0.15, 0.2) is 0 Å². The number of nitrogens with two attached hydrogens (primary N) is 1. The number of halogens is 2. The summed E-state index contributed by atoms with van der Waals surface area (Å²) in [5, 5.41) is 8.30. The lowest BCUT2D eigenvalue weighted by Gasteiger charge is -2.22. The predicted molar refractivity (Wildman–Crippen MR) is 141 cm³/mol. The number of aromatic nitrogens is 4. The molecule has 0 spiro atoms. The minimum absolute atomic E-state index is 0.170. The molecule has 0 radical (unpaired) electrons. The molecule has 11 heteroatoms. The number of hydrogen-bond acceptors (Lipinski definition) is 5. The fourth-order valence-corrected chi connectivity index (χ4v) is 4.68. The van der Waals surface area contributed by atoms with Crippen molar-refractivity contribution in [1.82, 2.24) is 19.8 Å². The van der Waals surface area contributed by atoms with Gasteiger partial charge in [-0.15, -0.1) is 0 Å². The first-order chi connectivity index (χ1) is 16.7. The fraction of sp³-hybridized carbons (Fsp3) is 0.125. The zero-order chi connectivity index (χ0) is 25.3. The van der Waals surface area contributed by atoms with E-state index >= 15 is 0 Å². The van der Waals surface area contributed by atoms with Crippen molar-refractivity contribution in [2.24, 2.45) is 5.73 Å². The van der Waals surface area contributed by atoms with E-state index in [4.69, 9.17) is 17.3 Å². The van der Waals surface area contributed by atoms with Crippen LogP contribution in [0.15, 0.2) is 65.5 Å². The molecule has 1 heterocycles. The second kappa shape index (κ2) is 10.0. The molecule has 0 saturated carbocycles. The molecule has 4 rings (SSSR count). The first kappa shape index (κ1) is 24.6. The predicted octanol–water partition coefficient (Wildman–Crippen LogP) is 3.42. The summed E-state index contributed by atoms with van der Waals surface area (Å²) in [6.45, 7) is 2.04. The maximum atomic E-state index is 13.3. The zero-order valence-corrected chi connectivity index (χ0v) is 21.7. The van der Waals surface area contributed by atoms with Gasteiger partial charge in [0, 0.05) is 16.3 Å². The highest BCUT2D eigenvalue weighted by Crippen LogP contribution is 2.25. The number of para-hydroxylation sites is 1. The monoisotopic (exact) mass is 602 g/mol. The number of carbonyl (C=O) groups excluding carboxylic acids is 2. The van der Waals surface area contributed by atoms with E-state index in [1.54, 1.807) is 55.6 Å². The van der Waals surface area contributed by atoms with Gasteiger partial charge in [-0.1, -0.05) is 41.9 Å². The zero-order valence-electron chi connectivity index (χ0n) is 18.8. The topological polar surface area (TPSA) is 116 Å². The summed E-state index contributed by atoms with van der Waals surface area (Å²) in [7, 11) is 1.64. The highest BCUT2D eigenvalue weighted by molar-refractivity contribution is 14.1.